The molecule has 0 spiro atoms. The molecule has 0 saturated heterocycles. The lowest BCUT2D eigenvalue weighted by atomic mass is 10.0. The van der Waals surface area contributed by atoms with Gasteiger partial charge in [-0.1, -0.05) is 17.7 Å². The van der Waals surface area contributed by atoms with E-state index in [4.69, 9.17) is 16.3 Å². The van der Waals surface area contributed by atoms with Crippen molar-refractivity contribution in [2.75, 3.05) is 18.4 Å². The van der Waals surface area contributed by atoms with Crippen molar-refractivity contribution < 1.29 is 22.7 Å². The average Bonchev–Trinajstić information content (AvgIpc) is 3.26. The molecule has 0 radical (unpaired) electrons. The highest BCUT2D eigenvalue weighted by atomic mass is 35.5. The molecule has 1 aromatic heterocycles. The Kier molecular flexibility index (Phi) is 6.51. The summed E-state index contributed by atoms with van der Waals surface area (Å²) in [5, 5.41) is 6.26. The van der Waals surface area contributed by atoms with Gasteiger partial charge in [0.05, 0.1) is 16.3 Å². The Morgan fingerprint density at radius 1 is 1.36 bits per heavy atom. The van der Waals surface area contributed by atoms with Crippen molar-refractivity contribution in [1.29, 1.82) is 0 Å². The number of ether oxygens (including phenoxy) is 1. The van der Waals surface area contributed by atoms with Crippen molar-refractivity contribution in [3.63, 3.8) is 0 Å². The molecule has 0 fully saturated rings. The number of benzene rings is 1. The van der Waals surface area contributed by atoms with E-state index < -0.39 is 11.7 Å². The molecule has 2 amide bonds. The van der Waals surface area contributed by atoms with Crippen LogP contribution in [0.15, 0.2) is 49.0 Å². The summed E-state index contributed by atoms with van der Waals surface area (Å²) in [6, 6.07) is 5.03. The van der Waals surface area contributed by atoms with Gasteiger partial charge in [0.2, 0.25) is 0 Å². The second kappa shape index (κ2) is 9.35. The van der Waals surface area contributed by atoms with E-state index in [1.807, 2.05) is 12.1 Å². The van der Waals surface area contributed by atoms with Gasteiger partial charge in [-0.15, -0.1) is 0 Å². The molecule has 10 heteroatoms. The smallest absolute Gasteiger partial charge is 0.416 e. The number of halogens is 4. The predicted octanol–water partition coefficient (Wildman–Crippen LogP) is 5.34. The van der Waals surface area contributed by atoms with Crippen molar-refractivity contribution in [3.8, 4) is 0 Å². The van der Waals surface area contributed by atoms with Crippen molar-refractivity contribution in [3.05, 3.63) is 76.4 Å². The monoisotopic (exact) mass is 478 g/mol. The first-order valence-corrected chi connectivity index (χ1v) is 10.7. The van der Waals surface area contributed by atoms with Gasteiger partial charge in [0.15, 0.2) is 6.23 Å². The summed E-state index contributed by atoms with van der Waals surface area (Å²) in [6.07, 6.45) is 3.61. The maximum atomic E-state index is 12.9. The van der Waals surface area contributed by atoms with Crippen LogP contribution in [0.4, 0.5) is 23.7 Å². The number of aryl methyl sites for hydroxylation is 1. The molecule has 0 bridgehead atoms. The van der Waals surface area contributed by atoms with E-state index >= 15 is 0 Å². The molecule has 6 nitrogen and oxygen atoms in total. The van der Waals surface area contributed by atoms with Crippen LogP contribution in [-0.2, 0) is 17.3 Å². The number of pyridine rings is 1. The van der Waals surface area contributed by atoms with E-state index in [0.717, 1.165) is 17.2 Å². The fourth-order valence-corrected chi connectivity index (χ4v) is 4.11. The van der Waals surface area contributed by atoms with Crippen LogP contribution in [0.1, 0.15) is 28.8 Å². The number of nitrogens with one attached hydrogen (secondary N) is 2. The minimum Gasteiger partial charge on any atom is -0.477 e. The van der Waals surface area contributed by atoms with Gasteiger partial charge in [0, 0.05) is 37.6 Å². The molecular weight excluding hydrogens is 457 g/mol. The van der Waals surface area contributed by atoms with Crippen LogP contribution >= 0.6 is 11.6 Å². The van der Waals surface area contributed by atoms with Crippen LogP contribution in [0.25, 0.3) is 5.57 Å². The van der Waals surface area contributed by atoms with Gasteiger partial charge in [-0.2, -0.15) is 13.2 Å². The molecule has 1 unspecified atom stereocenters. The quantitative estimate of drug-likeness (QED) is 0.622. The van der Waals surface area contributed by atoms with Gasteiger partial charge >= 0.3 is 12.2 Å². The van der Waals surface area contributed by atoms with Crippen molar-refractivity contribution in [2.24, 2.45) is 0 Å². The lowest BCUT2D eigenvalue weighted by Crippen LogP contribution is -2.38. The first kappa shape index (κ1) is 23.0. The zero-order valence-corrected chi connectivity index (χ0v) is 18.5. The van der Waals surface area contributed by atoms with Gasteiger partial charge in [0.1, 0.15) is 6.26 Å². The Labute approximate surface area is 194 Å². The normalized spacial score (nSPS) is 17.9. The van der Waals surface area contributed by atoms with E-state index in [2.05, 4.69) is 15.6 Å². The van der Waals surface area contributed by atoms with Crippen LogP contribution < -0.4 is 10.6 Å². The summed E-state index contributed by atoms with van der Waals surface area (Å²) in [5.74, 6) is 0. The maximum Gasteiger partial charge on any atom is 0.416 e. The highest BCUT2D eigenvalue weighted by molar-refractivity contribution is 6.32. The average molecular weight is 479 g/mol. The molecule has 2 aromatic rings. The number of rotatable bonds is 4. The second-order valence-electron chi connectivity index (χ2n) is 7.86. The number of alkyl halides is 3. The van der Waals surface area contributed by atoms with E-state index in [0.29, 0.717) is 42.3 Å². The SMILES string of the molecule is Cc1cc(NC(=O)N2CC=C(c3ncc(CC4NC=CO4)cc3Cl)CC2)ccc1C(F)(F)F. The number of urea groups is 1. The molecule has 3 heterocycles. The molecule has 0 saturated carbocycles. The number of carbonyl (C=O) groups excluding carboxylic acids is 1. The van der Waals surface area contributed by atoms with E-state index in [9.17, 15) is 18.0 Å². The van der Waals surface area contributed by atoms with Crippen LogP contribution in [-0.4, -0.2) is 35.2 Å². The lowest BCUT2D eigenvalue weighted by molar-refractivity contribution is -0.138. The topological polar surface area (TPSA) is 66.5 Å². The van der Waals surface area contributed by atoms with Crippen LogP contribution in [0.5, 0.6) is 0 Å². The third kappa shape index (κ3) is 5.42. The Hall–Kier alpha value is -3.20. The molecular formula is C23H22ClF3N4O2. The first-order chi connectivity index (χ1) is 15.7. The van der Waals surface area contributed by atoms with Gasteiger partial charge < -0.3 is 20.3 Å². The Bertz CT molecular complexity index is 1110. The third-order valence-electron chi connectivity index (χ3n) is 5.50. The fourth-order valence-electron chi connectivity index (χ4n) is 3.80. The molecule has 33 heavy (non-hydrogen) atoms. The molecule has 0 aliphatic carbocycles. The number of hydrogen-bond donors (Lipinski definition) is 2. The van der Waals surface area contributed by atoms with Gasteiger partial charge in [-0.3, -0.25) is 4.98 Å². The second-order valence-corrected chi connectivity index (χ2v) is 8.26. The maximum absolute atomic E-state index is 12.9. The van der Waals surface area contributed by atoms with Crippen molar-refractivity contribution in [1.82, 2.24) is 15.2 Å². The minimum atomic E-state index is -4.42. The molecule has 174 valence electrons. The van der Waals surface area contributed by atoms with Gasteiger partial charge in [-0.05, 0) is 54.3 Å². The number of carbonyl (C=O) groups is 1. The van der Waals surface area contributed by atoms with Crippen LogP contribution in [0.2, 0.25) is 5.02 Å². The van der Waals surface area contributed by atoms with Gasteiger partial charge in [-0.25, -0.2) is 4.79 Å². The zero-order valence-electron chi connectivity index (χ0n) is 17.7. The number of aromatic nitrogens is 1. The van der Waals surface area contributed by atoms with E-state index in [1.165, 1.54) is 19.1 Å². The number of hydrogen-bond acceptors (Lipinski definition) is 4. The predicted molar refractivity (Wildman–Crippen MR) is 119 cm³/mol. The number of anilines is 1. The Balaban J connectivity index is 1.37. The first-order valence-electron chi connectivity index (χ1n) is 10.3. The molecule has 2 aliphatic heterocycles. The number of nitrogens with zero attached hydrogens (tertiary/aromatic N) is 2. The van der Waals surface area contributed by atoms with Crippen molar-refractivity contribution >= 4 is 28.9 Å². The molecule has 2 N–H and O–H groups in total. The van der Waals surface area contributed by atoms with E-state index in [-0.39, 0.29) is 17.8 Å². The highest BCUT2D eigenvalue weighted by Gasteiger charge is 2.32. The highest BCUT2D eigenvalue weighted by Crippen LogP contribution is 2.33. The summed E-state index contributed by atoms with van der Waals surface area (Å²) < 4.78 is 44.2. The summed E-state index contributed by atoms with van der Waals surface area (Å²) in [7, 11) is 0. The molecule has 2 aliphatic rings. The van der Waals surface area contributed by atoms with Crippen LogP contribution in [0, 0.1) is 6.92 Å². The Morgan fingerprint density at radius 2 is 2.18 bits per heavy atom. The summed E-state index contributed by atoms with van der Waals surface area (Å²) in [6.45, 7) is 2.14. The summed E-state index contributed by atoms with van der Waals surface area (Å²) in [5.41, 5.74) is 2.21. The third-order valence-corrected chi connectivity index (χ3v) is 5.78. The number of amides is 2. The van der Waals surface area contributed by atoms with Gasteiger partial charge in [0.25, 0.3) is 0 Å². The molecule has 4 rings (SSSR count). The standard InChI is InChI=1S/C23H22ClF3N4O2/c1-14-10-17(2-3-18(14)23(25,26)27)30-22(32)31-7-4-16(5-8-31)21-19(24)11-15(13-29-21)12-20-28-6-9-33-20/h2-4,6,9-11,13,20,28H,5,7-8,12H2,1H3,(H,30,32). The summed E-state index contributed by atoms with van der Waals surface area (Å²) >= 11 is 6.46. The van der Waals surface area contributed by atoms with Crippen LogP contribution in [0.3, 0.4) is 0 Å². The van der Waals surface area contributed by atoms with E-state index in [1.54, 1.807) is 23.6 Å². The summed E-state index contributed by atoms with van der Waals surface area (Å²) in [4.78, 5) is 18.7. The molecule has 1 aromatic carbocycles. The molecule has 1 atom stereocenters. The lowest BCUT2D eigenvalue weighted by Gasteiger charge is -2.27. The fraction of sp³-hybridized carbons (Fsp3) is 0.304. The zero-order chi connectivity index (χ0) is 23.6. The minimum absolute atomic E-state index is 0.0526. The largest absolute Gasteiger partial charge is 0.477 e. The van der Waals surface area contributed by atoms with Crippen molar-refractivity contribution in [2.45, 2.75) is 32.2 Å². The Morgan fingerprint density at radius 3 is 2.79 bits per heavy atom.